The van der Waals surface area contributed by atoms with Gasteiger partial charge in [0.15, 0.2) is 5.82 Å². The Morgan fingerprint density at radius 2 is 2.31 bits per heavy atom. The third-order valence-corrected chi connectivity index (χ3v) is 3.75. The molecule has 16 heavy (non-hydrogen) atoms. The maximum Gasteiger partial charge on any atom is 0.288 e. The zero-order valence-electron chi connectivity index (χ0n) is 10.0. The van der Waals surface area contributed by atoms with Crippen LogP contribution >= 0.6 is 0 Å². The molecule has 0 spiro atoms. The van der Waals surface area contributed by atoms with Crippen molar-refractivity contribution in [2.45, 2.75) is 25.7 Å². The zero-order valence-corrected chi connectivity index (χ0v) is 11.0. The summed E-state index contributed by atoms with van der Waals surface area (Å²) in [5.74, 6) is 0.0757. The number of carbonyl (C=O) groups is 1. The first-order chi connectivity index (χ1) is 7.49. The fourth-order valence-electron chi connectivity index (χ4n) is 1.04. The molecule has 1 heterocycles. The van der Waals surface area contributed by atoms with Gasteiger partial charge in [0.25, 0.3) is 5.91 Å². The Labute approximate surface area is 96.6 Å². The molecule has 0 aliphatic rings. The van der Waals surface area contributed by atoms with Gasteiger partial charge in [-0.15, -0.1) is 0 Å². The fraction of sp³-hybridized carbons (Fsp3) is 0.600. The molecule has 1 aromatic heterocycles. The van der Waals surface area contributed by atoms with Crippen LogP contribution in [0.15, 0.2) is 12.4 Å². The number of nitrogens with one attached hydrogen (secondary N) is 2. The smallest absolute Gasteiger partial charge is 0.288 e. The summed E-state index contributed by atoms with van der Waals surface area (Å²) >= 11 is 0. The number of amides is 1. The minimum atomic E-state index is -1.04. The van der Waals surface area contributed by atoms with E-state index < -0.39 is 8.07 Å². The van der Waals surface area contributed by atoms with Gasteiger partial charge in [0.2, 0.25) is 0 Å². The van der Waals surface area contributed by atoms with E-state index in [0.717, 1.165) is 6.04 Å². The van der Waals surface area contributed by atoms with Crippen molar-refractivity contribution >= 4 is 14.0 Å². The van der Waals surface area contributed by atoms with E-state index in [1.165, 1.54) is 0 Å². The molecule has 0 unspecified atom stereocenters. The van der Waals surface area contributed by atoms with Gasteiger partial charge in [-0.1, -0.05) is 19.6 Å². The summed E-state index contributed by atoms with van der Waals surface area (Å²) in [6, 6.07) is 1.10. The summed E-state index contributed by atoms with van der Waals surface area (Å²) in [4.78, 5) is 18.0. The van der Waals surface area contributed by atoms with Crippen molar-refractivity contribution in [2.75, 3.05) is 13.3 Å². The van der Waals surface area contributed by atoms with E-state index in [-0.39, 0.29) is 12.6 Å². The topological polar surface area (TPSA) is 67.0 Å². The molecule has 1 aromatic rings. The summed E-state index contributed by atoms with van der Waals surface area (Å²) in [7, 11) is -1.04. The van der Waals surface area contributed by atoms with Crippen LogP contribution in [0, 0.1) is 0 Å². The molecule has 0 saturated heterocycles. The summed E-state index contributed by atoms with van der Waals surface area (Å²) in [5, 5.41) is 2.63. The maximum atomic E-state index is 11.4. The lowest BCUT2D eigenvalue weighted by atomic mass is 10.6. The Kier molecular flexibility index (Phi) is 4.69. The van der Waals surface area contributed by atoms with Gasteiger partial charge >= 0.3 is 0 Å². The van der Waals surface area contributed by atoms with Crippen LogP contribution in [0.4, 0.5) is 0 Å². The molecule has 0 radical (unpaired) electrons. The van der Waals surface area contributed by atoms with E-state index in [1.54, 1.807) is 12.4 Å². The standard InChI is InChI=1S/C10H19N3O2Si/c1-16(2,3)7-6-15-8-13-10(14)9-11-4-5-12-9/h4-5H,6-8H2,1-3H3,(H,11,12)(H,13,14). The monoisotopic (exact) mass is 241 g/mol. The van der Waals surface area contributed by atoms with Gasteiger partial charge in [-0.2, -0.15) is 0 Å². The number of hydrogen-bond donors (Lipinski definition) is 2. The van der Waals surface area contributed by atoms with Crippen LogP contribution in [0.1, 0.15) is 10.6 Å². The number of H-pyrrole nitrogens is 1. The Bertz CT molecular complexity index is 319. The highest BCUT2D eigenvalue weighted by Crippen LogP contribution is 2.06. The molecule has 1 rings (SSSR count). The first kappa shape index (κ1) is 12.9. The van der Waals surface area contributed by atoms with Gasteiger partial charge < -0.3 is 15.0 Å². The summed E-state index contributed by atoms with van der Waals surface area (Å²) < 4.78 is 5.34. The zero-order chi connectivity index (χ0) is 12.0. The van der Waals surface area contributed by atoms with Gasteiger partial charge in [-0.3, -0.25) is 4.79 Å². The van der Waals surface area contributed by atoms with Crippen molar-refractivity contribution in [3.05, 3.63) is 18.2 Å². The predicted octanol–water partition coefficient (Wildman–Crippen LogP) is 1.45. The van der Waals surface area contributed by atoms with Crippen molar-refractivity contribution < 1.29 is 9.53 Å². The minimum absolute atomic E-state index is 0.238. The first-order valence-electron chi connectivity index (χ1n) is 5.34. The number of nitrogens with zero attached hydrogens (tertiary/aromatic N) is 1. The van der Waals surface area contributed by atoms with Gasteiger partial charge in [0.1, 0.15) is 6.73 Å². The molecule has 0 aliphatic carbocycles. The number of imidazole rings is 1. The van der Waals surface area contributed by atoms with E-state index in [1.807, 2.05) is 0 Å². The Morgan fingerprint density at radius 3 is 2.88 bits per heavy atom. The van der Waals surface area contributed by atoms with Crippen LogP contribution < -0.4 is 5.32 Å². The number of ether oxygens (including phenoxy) is 1. The lowest BCUT2D eigenvalue weighted by molar-refractivity contribution is 0.0807. The largest absolute Gasteiger partial charge is 0.362 e. The summed E-state index contributed by atoms with van der Waals surface area (Å²) in [5.41, 5.74) is 0. The number of rotatable bonds is 6. The lowest BCUT2D eigenvalue weighted by Gasteiger charge is -2.15. The summed E-state index contributed by atoms with van der Waals surface area (Å²) in [6.07, 6.45) is 3.15. The minimum Gasteiger partial charge on any atom is -0.362 e. The molecule has 0 bridgehead atoms. The second kappa shape index (κ2) is 5.81. The molecular formula is C10H19N3O2Si. The van der Waals surface area contributed by atoms with Crippen LogP contribution in [0.25, 0.3) is 0 Å². The molecule has 0 aromatic carbocycles. The first-order valence-corrected chi connectivity index (χ1v) is 9.05. The van der Waals surface area contributed by atoms with E-state index in [0.29, 0.717) is 12.4 Å². The molecule has 5 nitrogen and oxygen atoms in total. The molecule has 0 fully saturated rings. The van der Waals surface area contributed by atoms with Crippen LogP contribution in [-0.2, 0) is 4.74 Å². The van der Waals surface area contributed by atoms with E-state index in [4.69, 9.17) is 4.74 Å². The van der Waals surface area contributed by atoms with Crippen molar-refractivity contribution in [1.29, 1.82) is 0 Å². The SMILES string of the molecule is C[Si](C)(C)CCOCNC(=O)c1ncc[nH]1. The molecule has 0 aliphatic heterocycles. The maximum absolute atomic E-state index is 11.4. The van der Waals surface area contributed by atoms with Gasteiger partial charge in [0.05, 0.1) is 0 Å². The number of aromatic nitrogens is 2. The fourth-order valence-corrected chi connectivity index (χ4v) is 1.80. The third kappa shape index (κ3) is 5.08. The van der Waals surface area contributed by atoms with E-state index in [2.05, 4.69) is 34.9 Å². The average molecular weight is 241 g/mol. The Balaban J connectivity index is 2.10. The van der Waals surface area contributed by atoms with Crippen molar-refractivity contribution in [1.82, 2.24) is 15.3 Å². The van der Waals surface area contributed by atoms with Gasteiger partial charge in [-0.05, 0) is 6.04 Å². The molecule has 0 atom stereocenters. The van der Waals surface area contributed by atoms with Crippen LogP contribution in [-0.4, -0.2) is 37.3 Å². The molecule has 0 saturated carbocycles. The number of hydrogen-bond acceptors (Lipinski definition) is 3. The quantitative estimate of drug-likeness (QED) is 0.450. The van der Waals surface area contributed by atoms with Crippen molar-refractivity contribution in [2.24, 2.45) is 0 Å². The highest BCUT2D eigenvalue weighted by atomic mass is 28.3. The van der Waals surface area contributed by atoms with Gasteiger partial charge in [-0.25, -0.2) is 4.98 Å². The van der Waals surface area contributed by atoms with Gasteiger partial charge in [0, 0.05) is 27.1 Å². The average Bonchev–Trinajstić information content (AvgIpc) is 2.67. The number of carbonyl (C=O) groups excluding carboxylic acids is 1. The predicted molar refractivity (Wildman–Crippen MR) is 65.0 cm³/mol. The second-order valence-electron chi connectivity index (χ2n) is 4.81. The van der Waals surface area contributed by atoms with Crippen molar-refractivity contribution in [3.63, 3.8) is 0 Å². The molecule has 1 amide bonds. The molecule has 2 N–H and O–H groups in total. The highest BCUT2D eigenvalue weighted by Gasteiger charge is 2.12. The van der Waals surface area contributed by atoms with Crippen LogP contribution in [0.3, 0.4) is 0 Å². The van der Waals surface area contributed by atoms with Crippen molar-refractivity contribution in [3.8, 4) is 0 Å². The molecule has 90 valence electrons. The highest BCUT2D eigenvalue weighted by molar-refractivity contribution is 6.76. The second-order valence-corrected chi connectivity index (χ2v) is 10.4. The normalized spacial score (nSPS) is 11.4. The van der Waals surface area contributed by atoms with E-state index in [9.17, 15) is 4.79 Å². The summed E-state index contributed by atoms with van der Waals surface area (Å²) in [6.45, 7) is 7.81. The Hall–Kier alpha value is -1.14. The van der Waals surface area contributed by atoms with E-state index >= 15 is 0 Å². The molecular weight excluding hydrogens is 222 g/mol. The number of aromatic amines is 1. The van der Waals surface area contributed by atoms with Crippen LogP contribution in [0.5, 0.6) is 0 Å². The van der Waals surface area contributed by atoms with Crippen LogP contribution in [0.2, 0.25) is 25.7 Å². The molecule has 6 heteroatoms. The Morgan fingerprint density at radius 1 is 1.56 bits per heavy atom. The third-order valence-electron chi connectivity index (χ3n) is 2.04. The lowest BCUT2D eigenvalue weighted by Crippen LogP contribution is -2.29.